The van der Waals surface area contributed by atoms with Crippen LogP contribution >= 0.6 is 0 Å². The maximum atomic E-state index is 12.8. The van der Waals surface area contributed by atoms with Crippen LogP contribution in [0.1, 0.15) is 31.0 Å². The Balaban J connectivity index is 3.23. The standard InChI is InChI=1S/C11H15F3N2O/c1-10(2,17-3)9(15)7-6-16-5-4-8(7)11(12,13)14/h4-6,9H,15H2,1-3H3. The van der Waals surface area contributed by atoms with Crippen LogP contribution in [-0.2, 0) is 10.9 Å². The summed E-state index contributed by atoms with van der Waals surface area (Å²) < 4.78 is 43.4. The summed E-state index contributed by atoms with van der Waals surface area (Å²) in [6.07, 6.45) is -2.22. The molecule has 0 aliphatic rings. The second-order valence-corrected chi connectivity index (χ2v) is 4.25. The van der Waals surface area contributed by atoms with Crippen molar-refractivity contribution in [1.82, 2.24) is 4.98 Å². The fraction of sp³-hybridized carbons (Fsp3) is 0.545. The Morgan fingerprint density at radius 2 is 1.94 bits per heavy atom. The molecule has 0 saturated heterocycles. The molecular formula is C11H15F3N2O. The summed E-state index contributed by atoms with van der Waals surface area (Å²) in [5, 5.41) is 0. The van der Waals surface area contributed by atoms with Crippen molar-refractivity contribution < 1.29 is 17.9 Å². The number of methoxy groups -OCH3 is 1. The minimum atomic E-state index is -4.44. The zero-order chi connectivity index (χ0) is 13.3. The van der Waals surface area contributed by atoms with Gasteiger partial charge in [-0.15, -0.1) is 0 Å². The number of ether oxygens (including phenoxy) is 1. The van der Waals surface area contributed by atoms with Crippen molar-refractivity contribution in [2.75, 3.05) is 7.11 Å². The Hall–Kier alpha value is -1.14. The monoisotopic (exact) mass is 248 g/mol. The summed E-state index contributed by atoms with van der Waals surface area (Å²) in [5.41, 5.74) is 4.08. The minimum absolute atomic E-state index is 0.0631. The average Bonchev–Trinajstić information content (AvgIpc) is 2.27. The number of pyridine rings is 1. The molecule has 0 amide bonds. The predicted molar refractivity (Wildman–Crippen MR) is 57.3 cm³/mol. The quantitative estimate of drug-likeness (QED) is 0.894. The van der Waals surface area contributed by atoms with Gasteiger partial charge in [0.1, 0.15) is 0 Å². The molecule has 0 radical (unpaired) electrons. The van der Waals surface area contributed by atoms with Crippen molar-refractivity contribution in [3.63, 3.8) is 0 Å². The van der Waals surface area contributed by atoms with Crippen molar-refractivity contribution in [1.29, 1.82) is 0 Å². The first-order chi connectivity index (χ1) is 7.70. The molecule has 1 aromatic heterocycles. The van der Waals surface area contributed by atoms with Crippen LogP contribution in [0.2, 0.25) is 0 Å². The van der Waals surface area contributed by atoms with E-state index in [1.54, 1.807) is 13.8 Å². The number of hydrogen-bond acceptors (Lipinski definition) is 3. The van der Waals surface area contributed by atoms with Gasteiger partial charge in [-0.3, -0.25) is 4.98 Å². The second kappa shape index (κ2) is 4.62. The van der Waals surface area contributed by atoms with Crippen LogP contribution in [0.3, 0.4) is 0 Å². The fourth-order valence-corrected chi connectivity index (χ4v) is 1.41. The fourth-order valence-electron chi connectivity index (χ4n) is 1.41. The summed E-state index contributed by atoms with van der Waals surface area (Å²) in [6.45, 7) is 3.26. The van der Waals surface area contributed by atoms with E-state index >= 15 is 0 Å². The number of aromatic nitrogens is 1. The molecule has 1 unspecified atom stereocenters. The largest absolute Gasteiger partial charge is 0.416 e. The van der Waals surface area contributed by atoms with E-state index in [0.717, 1.165) is 18.5 Å². The number of nitrogens with zero attached hydrogens (tertiary/aromatic N) is 1. The molecule has 0 bridgehead atoms. The smallest absolute Gasteiger partial charge is 0.377 e. The Morgan fingerprint density at radius 1 is 1.35 bits per heavy atom. The maximum absolute atomic E-state index is 12.8. The molecule has 2 N–H and O–H groups in total. The van der Waals surface area contributed by atoms with E-state index in [0.29, 0.717) is 0 Å². The van der Waals surface area contributed by atoms with Gasteiger partial charge in [-0.05, 0) is 19.9 Å². The first-order valence-electron chi connectivity index (χ1n) is 5.02. The highest BCUT2D eigenvalue weighted by Crippen LogP contribution is 2.36. The van der Waals surface area contributed by atoms with Gasteiger partial charge in [-0.25, -0.2) is 0 Å². The molecule has 1 atom stereocenters. The van der Waals surface area contributed by atoms with Crippen molar-refractivity contribution in [2.24, 2.45) is 5.73 Å². The molecule has 1 rings (SSSR count). The lowest BCUT2D eigenvalue weighted by Crippen LogP contribution is -2.38. The lowest BCUT2D eigenvalue weighted by atomic mass is 9.90. The van der Waals surface area contributed by atoms with Crippen LogP contribution in [0.25, 0.3) is 0 Å². The number of rotatable bonds is 3. The first-order valence-corrected chi connectivity index (χ1v) is 5.02. The Labute approximate surface area is 97.8 Å². The number of alkyl halides is 3. The lowest BCUT2D eigenvalue weighted by Gasteiger charge is -2.31. The summed E-state index contributed by atoms with van der Waals surface area (Å²) in [5.74, 6) is 0. The van der Waals surface area contributed by atoms with Crippen LogP contribution in [0.5, 0.6) is 0 Å². The van der Waals surface area contributed by atoms with E-state index in [-0.39, 0.29) is 5.56 Å². The van der Waals surface area contributed by atoms with Gasteiger partial charge < -0.3 is 10.5 Å². The van der Waals surface area contributed by atoms with Crippen LogP contribution in [0.4, 0.5) is 13.2 Å². The third-order valence-corrected chi connectivity index (χ3v) is 2.77. The van der Waals surface area contributed by atoms with E-state index in [9.17, 15) is 13.2 Å². The summed E-state index contributed by atoms with van der Waals surface area (Å²) in [7, 11) is 1.41. The summed E-state index contributed by atoms with van der Waals surface area (Å²) >= 11 is 0. The van der Waals surface area contributed by atoms with E-state index in [1.807, 2.05) is 0 Å². The number of nitrogens with two attached hydrogens (primary N) is 1. The Bertz CT molecular complexity index is 391. The zero-order valence-electron chi connectivity index (χ0n) is 9.88. The summed E-state index contributed by atoms with van der Waals surface area (Å²) in [4.78, 5) is 3.69. The topological polar surface area (TPSA) is 48.1 Å². The van der Waals surface area contributed by atoms with Crippen molar-refractivity contribution in [3.8, 4) is 0 Å². The van der Waals surface area contributed by atoms with Gasteiger partial charge in [-0.1, -0.05) is 0 Å². The highest BCUT2D eigenvalue weighted by Gasteiger charge is 2.38. The number of hydrogen-bond donors (Lipinski definition) is 1. The van der Waals surface area contributed by atoms with Crippen LogP contribution in [-0.4, -0.2) is 17.7 Å². The van der Waals surface area contributed by atoms with E-state index < -0.39 is 23.4 Å². The molecule has 3 nitrogen and oxygen atoms in total. The molecule has 0 spiro atoms. The predicted octanol–water partition coefficient (Wildman–Crippen LogP) is 2.53. The molecule has 0 aliphatic carbocycles. The van der Waals surface area contributed by atoms with Gasteiger partial charge in [0, 0.05) is 25.1 Å². The molecule has 0 aromatic carbocycles. The van der Waals surface area contributed by atoms with E-state index in [1.165, 1.54) is 7.11 Å². The van der Waals surface area contributed by atoms with Crippen LogP contribution in [0, 0.1) is 0 Å². The molecule has 0 saturated carbocycles. The number of halogens is 3. The molecule has 17 heavy (non-hydrogen) atoms. The van der Waals surface area contributed by atoms with Crippen LogP contribution in [0.15, 0.2) is 18.5 Å². The molecule has 1 heterocycles. The van der Waals surface area contributed by atoms with Gasteiger partial charge in [-0.2, -0.15) is 13.2 Å². The maximum Gasteiger partial charge on any atom is 0.416 e. The van der Waals surface area contributed by atoms with E-state index in [2.05, 4.69) is 4.98 Å². The van der Waals surface area contributed by atoms with Crippen LogP contribution < -0.4 is 5.73 Å². The minimum Gasteiger partial charge on any atom is -0.377 e. The van der Waals surface area contributed by atoms with Gasteiger partial charge in [0.15, 0.2) is 0 Å². The van der Waals surface area contributed by atoms with Gasteiger partial charge in [0.2, 0.25) is 0 Å². The van der Waals surface area contributed by atoms with Crippen molar-refractivity contribution in [3.05, 3.63) is 29.6 Å². The molecule has 1 aromatic rings. The lowest BCUT2D eigenvalue weighted by molar-refractivity contribution is -0.139. The highest BCUT2D eigenvalue weighted by molar-refractivity contribution is 5.30. The van der Waals surface area contributed by atoms with Gasteiger partial charge >= 0.3 is 6.18 Å². The second-order valence-electron chi connectivity index (χ2n) is 4.25. The Morgan fingerprint density at radius 3 is 2.41 bits per heavy atom. The van der Waals surface area contributed by atoms with Gasteiger partial charge in [0.05, 0.1) is 17.2 Å². The summed E-state index contributed by atoms with van der Waals surface area (Å²) in [6, 6.07) is 0.0128. The molecular weight excluding hydrogens is 233 g/mol. The van der Waals surface area contributed by atoms with Crippen molar-refractivity contribution in [2.45, 2.75) is 31.7 Å². The normalized spacial score (nSPS) is 14.8. The van der Waals surface area contributed by atoms with E-state index in [4.69, 9.17) is 10.5 Å². The first kappa shape index (κ1) is 13.9. The SMILES string of the molecule is COC(C)(C)C(N)c1cnccc1C(F)(F)F. The zero-order valence-corrected chi connectivity index (χ0v) is 9.88. The molecule has 0 aliphatic heterocycles. The molecule has 6 heteroatoms. The van der Waals surface area contributed by atoms with Gasteiger partial charge in [0.25, 0.3) is 0 Å². The molecule has 0 fully saturated rings. The third-order valence-electron chi connectivity index (χ3n) is 2.77. The Kier molecular flexibility index (Phi) is 3.78. The molecule has 96 valence electrons. The van der Waals surface area contributed by atoms with Crippen molar-refractivity contribution >= 4 is 0 Å². The third kappa shape index (κ3) is 2.95. The highest BCUT2D eigenvalue weighted by atomic mass is 19.4. The average molecular weight is 248 g/mol.